The molecule has 1 aromatic rings. The molecule has 0 spiro atoms. The summed E-state index contributed by atoms with van der Waals surface area (Å²) in [5, 5.41) is 14.1. The van der Waals surface area contributed by atoms with Gasteiger partial charge in [0.05, 0.1) is 17.6 Å². The topological polar surface area (TPSA) is 64.4 Å². The summed E-state index contributed by atoms with van der Waals surface area (Å²) < 4.78 is 5.93. The third-order valence-corrected chi connectivity index (χ3v) is 3.14. The summed E-state index contributed by atoms with van der Waals surface area (Å²) in [5.41, 5.74) is 0.574. The number of hydrogen-bond donors (Lipinski definition) is 1. The van der Waals surface area contributed by atoms with E-state index < -0.39 is 0 Å². The quantitative estimate of drug-likeness (QED) is 0.645. The molecule has 1 unspecified atom stereocenters. The first kappa shape index (κ1) is 14.9. The Morgan fingerprint density at radius 3 is 2.67 bits per heavy atom. The summed E-state index contributed by atoms with van der Waals surface area (Å²) in [6.45, 7) is 4.59. The third kappa shape index (κ3) is 3.96. The van der Waals surface area contributed by atoms with Crippen molar-refractivity contribution < 1.29 is 9.66 Å². The minimum Gasteiger partial charge on any atom is -0.383 e. The molecule has 1 atom stereocenters. The maximum atomic E-state index is 11.0. The fourth-order valence-corrected chi connectivity index (χ4v) is 1.92. The van der Waals surface area contributed by atoms with Gasteiger partial charge >= 0.3 is 0 Å². The highest BCUT2D eigenvalue weighted by Gasteiger charge is 2.19. The molecule has 0 aliphatic heterocycles. The van der Waals surface area contributed by atoms with Crippen LogP contribution in [0.2, 0.25) is 0 Å². The zero-order valence-corrected chi connectivity index (χ0v) is 12.2. The van der Waals surface area contributed by atoms with E-state index in [-0.39, 0.29) is 16.7 Å². The molecule has 0 heterocycles. The predicted octanol–water partition coefficient (Wildman–Crippen LogP) is 3.44. The van der Waals surface area contributed by atoms with E-state index in [4.69, 9.17) is 4.74 Å². The van der Waals surface area contributed by atoms with Crippen molar-refractivity contribution in [1.29, 1.82) is 0 Å². The summed E-state index contributed by atoms with van der Waals surface area (Å²) >= 11 is 3.32. The van der Waals surface area contributed by atoms with E-state index in [9.17, 15) is 10.1 Å². The lowest BCUT2D eigenvalue weighted by atomic mass is 10.0. The van der Waals surface area contributed by atoms with Gasteiger partial charge in [0.1, 0.15) is 5.69 Å². The monoisotopic (exact) mass is 316 g/mol. The number of halogens is 1. The Labute approximate surface area is 115 Å². The second-order valence-corrected chi connectivity index (χ2v) is 5.28. The molecule has 0 bridgehead atoms. The van der Waals surface area contributed by atoms with Crippen molar-refractivity contribution in [3.8, 4) is 0 Å². The van der Waals surface area contributed by atoms with Crippen molar-refractivity contribution in [3.63, 3.8) is 0 Å². The van der Waals surface area contributed by atoms with Crippen LogP contribution in [0.3, 0.4) is 0 Å². The van der Waals surface area contributed by atoms with E-state index in [2.05, 4.69) is 21.2 Å². The lowest BCUT2D eigenvalue weighted by Crippen LogP contribution is -2.30. The molecule has 100 valence electrons. The average molecular weight is 317 g/mol. The number of methoxy groups -OCH3 is 1. The molecule has 5 nitrogen and oxygen atoms in total. The van der Waals surface area contributed by atoms with Crippen molar-refractivity contribution in [1.82, 2.24) is 0 Å². The first-order valence-corrected chi connectivity index (χ1v) is 6.44. The van der Waals surface area contributed by atoms with Crippen LogP contribution >= 0.6 is 15.9 Å². The fourth-order valence-electron chi connectivity index (χ4n) is 1.56. The van der Waals surface area contributed by atoms with Crippen molar-refractivity contribution >= 4 is 27.3 Å². The van der Waals surface area contributed by atoms with Gasteiger partial charge in [0, 0.05) is 17.6 Å². The molecule has 1 N–H and O–H groups in total. The number of ether oxygens (including phenoxy) is 1. The molecular weight excluding hydrogens is 300 g/mol. The van der Waals surface area contributed by atoms with Crippen LogP contribution in [0.4, 0.5) is 11.4 Å². The summed E-state index contributed by atoms with van der Waals surface area (Å²) in [7, 11) is 1.62. The lowest BCUT2D eigenvalue weighted by Gasteiger charge is -2.22. The van der Waals surface area contributed by atoms with E-state index in [1.54, 1.807) is 19.2 Å². The molecule has 0 aromatic heterocycles. The van der Waals surface area contributed by atoms with Gasteiger partial charge in [0.2, 0.25) is 0 Å². The van der Waals surface area contributed by atoms with Crippen LogP contribution < -0.4 is 5.32 Å². The largest absolute Gasteiger partial charge is 0.383 e. The molecular formula is C12H17BrN2O3. The second kappa shape index (κ2) is 6.70. The van der Waals surface area contributed by atoms with Gasteiger partial charge in [-0.3, -0.25) is 10.1 Å². The number of hydrogen-bond acceptors (Lipinski definition) is 4. The molecule has 1 aromatic carbocycles. The van der Waals surface area contributed by atoms with Gasteiger partial charge in [0.15, 0.2) is 0 Å². The van der Waals surface area contributed by atoms with Gasteiger partial charge in [-0.2, -0.15) is 0 Å². The fraction of sp³-hybridized carbons (Fsp3) is 0.500. The zero-order valence-electron chi connectivity index (χ0n) is 10.6. The van der Waals surface area contributed by atoms with Crippen LogP contribution in [-0.4, -0.2) is 24.7 Å². The molecule has 18 heavy (non-hydrogen) atoms. The Hall–Kier alpha value is -1.14. The number of nitro benzene ring substituents is 1. The van der Waals surface area contributed by atoms with Gasteiger partial charge in [-0.1, -0.05) is 29.8 Å². The molecule has 0 aliphatic rings. The Bertz CT molecular complexity index is 424. The average Bonchev–Trinajstić information content (AvgIpc) is 2.28. The van der Waals surface area contributed by atoms with Crippen LogP contribution in [0, 0.1) is 16.0 Å². The van der Waals surface area contributed by atoms with Crippen LogP contribution in [0.1, 0.15) is 13.8 Å². The molecule has 0 amide bonds. The molecule has 0 saturated carbocycles. The Balaban J connectivity index is 3.00. The van der Waals surface area contributed by atoms with E-state index in [0.29, 0.717) is 18.2 Å². The first-order valence-electron chi connectivity index (χ1n) is 5.65. The summed E-state index contributed by atoms with van der Waals surface area (Å²) in [5.74, 6) is 0.309. The Morgan fingerprint density at radius 1 is 1.50 bits per heavy atom. The standard InChI is InChI=1S/C12H17BrN2O3/c1-8(2)11(7-18-3)14-10-6-9(13)4-5-12(10)15(16)17/h4-6,8,11,14H,7H2,1-3H3. The number of nitro groups is 1. The van der Waals surface area contributed by atoms with Gasteiger partial charge in [-0.15, -0.1) is 0 Å². The van der Waals surface area contributed by atoms with Crippen LogP contribution in [0.15, 0.2) is 22.7 Å². The predicted molar refractivity (Wildman–Crippen MR) is 74.9 cm³/mol. The van der Waals surface area contributed by atoms with Crippen LogP contribution in [-0.2, 0) is 4.74 Å². The smallest absolute Gasteiger partial charge is 0.292 e. The highest BCUT2D eigenvalue weighted by molar-refractivity contribution is 9.10. The van der Waals surface area contributed by atoms with Crippen molar-refractivity contribution in [3.05, 3.63) is 32.8 Å². The summed E-state index contributed by atoms with van der Waals surface area (Å²) in [4.78, 5) is 10.6. The molecule has 0 aliphatic carbocycles. The number of nitrogens with zero attached hydrogens (tertiary/aromatic N) is 1. The third-order valence-electron chi connectivity index (χ3n) is 2.65. The highest BCUT2D eigenvalue weighted by Crippen LogP contribution is 2.29. The minimum atomic E-state index is -0.390. The molecule has 0 saturated heterocycles. The van der Waals surface area contributed by atoms with E-state index in [1.807, 2.05) is 13.8 Å². The number of benzene rings is 1. The number of nitrogens with one attached hydrogen (secondary N) is 1. The van der Waals surface area contributed by atoms with Crippen molar-refractivity contribution in [2.75, 3.05) is 19.0 Å². The van der Waals surface area contributed by atoms with Gasteiger partial charge in [-0.05, 0) is 18.1 Å². The van der Waals surface area contributed by atoms with Gasteiger partial charge < -0.3 is 10.1 Å². The second-order valence-electron chi connectivity index (χ2n) is 4.37. The maximum Gasteiger partial charge on any atom is 0.292 e. The van der Waals surface area contributed by atoms with Crippen molar-refractivity contribution in [2.24, 2.45) is 5.92 Å². The Morgan fingerprint density at radius 2 is 2.17 bits per heavy atom. The lowest BCUT2D eigenvalue weighted by molar-refractivity contribution is -0.384. The van der Waals surface area contributed by atoms with Crippen LogP contribution in [0.25, 0.3) is 0 Å². The normalized spacial score (nSPS) is 12.5. The number of anilines is 1. The summed E-state index contributed by atoms with van der Waals surface area (Å²) in [6, 6.07) is 4.88. The molecule has 6 heteroatoms. The van der Waals surface area contributed by atoms with E-state index >= 15 is 0 Å². The maximum absolute atomic E-state index is 11.0. The first-order chi connectivity index (χ1) is 8.45. The SMILES string of the molecule is COCC(Nc1cc(Br)ccc1[N+](=O)[O-])C(C)C. The van der Waals surface area contributed by atoms with Gasteiger partial charge in [-0.25, -0.2) is 0 Å². The van der Waals surface area contributed by atoms with E-state index in [1.165, 1.54) is 6.07 Å². The van der Waals surface area contributed by atoms with Crippen LogP contribution in [0.5, 0.6) is 0 Å². The van der Waals surface area contributed by atoms with Crippen molar-refractivity contribution in [2.45, 2.75) is 19.9 Å². The molecule has 0 fully saturated rings. The molecule has 0 radical (unpaired) electrons. The van der Waals surface area contributed by atoms with E-state index in [0.717, 1.165) is 4.47 Å². The zero-order chi connectivity index (χ0) is 13.7. The Kier molecular flexibility index (Phi) is 5.55. The summed E-state index contributed by atoms with van der Waals surface area (Å²) in [6.07, 6.45) is 0. The minimum absolute atomic E-state index is 0.0306. The number of rotatable bonds is 6. The highest BCUT2D eigenvalue weighted by atomic mass is 79.9. The van der Waals surface area contributed by atoms with Gasteiger partial charge in [0.25, 0.3) is 5.69 Å². The molecule has 1 rings (SSSR count).